The largest absolute Gasteiger partial charge is 0.394 e. The molecule has 0 heterocycles. The summed E-state index contributed by atoms with van der Waals surface area (Å²) in [7, 11) is 0. The third kappa shape index (κ3) is 61.6. The highest BCUT2D eigenvalue weighted by Gasteiger charge is 2.18. The topological polar surface area (TPSA) is 69.6 Å². The number of carbonyl (C=O) groups excluding carboxylic acids is 1. The molecule has 2 unspecified atom stereocenters. The summed E-state index contributed by atoms with van der Waals surface area (Å²) in [6.07, 6.45) is 88.4. The fraction of sp³-hybridized carbons (Fsp3) is 0.928. The Bertz CT molecular complexity index is 1070. The van der Waals surface area contributed by atoms with Gasteiger partial charge in [-0.2, -0.15) is 0 Å². The van der Waals surface area contributed by atoms with Crippen LogP contribution in [0.25, 0.3) is 0 Å². The second-order valence-electron chi connectivity index (χ2n) is 23.6. The summed E-state index contributed by atoms with van der Waals surface area (Å²) in [5.74, 6) is -0.0557. The lowest BCUT2D eigenvalue weighted by Crippen LogP contribution is -2.45. The number of hydrogen-bond donors (Lipinski definition) is 3. The Kier molecular flexibility index (Phi) is 64.1. The molecule has 0 radical (unpaired) electrons. The molecule has 0 saturated heterocycles. The number of aliphatic hydroxyl groups is 2. The summed E-state index contributed by atoms with van der Waals surface area (Å²) < 4.78 is 0. The molecule has 0 spiro atoms. The van der Waals surface area contributed by atoms with Gasteiger partial charge in [-0.15, -0.1) is 0 Å². The zero-order chi connectivity index (χ0) is 52.7. The van der Waals surface area contributed by atoms with Crippen molar-refractivity contribution >= 4 is 5.91 Å². The summed E-state index contributed by atoms with van der Waals surface area (Å²) in [6, 6.07) is -0.621. The van der Waals surface area contributed by atoms with Crippen LogP contribution >= 0.6 is 0 Å². The van der Waals surface area contributed by atoms with Crippen LogP contribution in [0.1, 0.15) is 393 Å². The fourth-order valence-electron chi connectivity index (χ4n) is 11.0. The van der Waals surface area contributed by atoms with E-state index in [9.17, 15) is 15.0 Å². The Morgan fingerprint density at radius 2 is 0.521 bits per heavy atom. The molecule has 0 aliphatic heterocycles. The van der Waals surface area contributed by atoms with Crippen molar-refractivity contribution in [2.45, 2.75) is 405 Å². The van der Waals surface area contributed by atoms with Gasteiger partial charge in [-0.25, -0.2) is 0 Å². The summed E-state index contributed by atoms with van der Waals surface area (Å²) in [5.41, 5.74) is 0. The molecule has 0 aromatic carbocycles. The third-order valence-electron chi connectivity index (χ3n) is 16.2. The first-order valence-corrected chi connectivity index (χ1v) is 34.1. The Morgan fingerprint density at radius 1 is 0.315 bits per heavy atom. The molecular weight excluding hydrogens is 891 g/mol. The van der Waals surface area contributed by atoms with E-state index in [0.29, 0.717) is 6.42 Å². The highest BCUT2D eigenvalue weighted by atomic mass is 16.3. The van der Waals surface area contributed by atoms with E-state index in [4.69, 9.17) is 0 Å². The second kappa shape index (κ2) is 65.2. The van der Waals surface area contributed by atoms with Gasteiger partial charge < -0.3 is 15.5 Å². The van der Waals surface area contributed by atoms with Crippen molar-refractivity contribution in [3.63, 3.8) is 0 Å². The van der Waals surface area contributed by atoms with Gasteiger partial charge in [0.05, 0.1) is 18.8 Å². The van der Waals surface area contributed by atoms with Crippen LogP contribution < -0.4 is 5.32 Å². The van der Waals surface area contributed by atoms with E-state index in [1.165, 1.54) is 347 Å². The van der Waals surface area contributed by atoms with Gasteiger partial charge in [0.15, 0.2) is 0 Å². The van der Waals surface area contributed by atoms with Gasteiger partial charge >= 0.3 is 0 Å². The van der Waals surface area contributed by atoms with Gasteiger partial charge in [-0.3, -0.25) is 4.79 Å². The van der Waals surface area contributed by atoms with Crippen molar-refractivity contribution < 1.29 is 15.0 Å². The Morgan fingerprint density at radius 3 is 0.753 bits per heavy atom. The maximum Gasteiger partial charge on any atom is 0.220 e. The van der Waals surface area contributed by atoms with Crippen LogP contribution in [0.2, 0.25) is 0 Å². The van der Waals surface area contributed by atoms with E-state index in [2.05, 4.69) is 31.3 Å². The molecule has 0 aromatic rings. The van der Waals surface area contributed by atoms with E-state index >= 15 is 0 Å². The van der Waals surface area contributed by atoms with Crippen LogP contribution in [-0.4, -0.2) is 34.9 Å². The van der Waals surface area contributed by atoms with E-state index in [1.807, 2.05) is 6.08 Å². The van der Waals surface area contributed by atoms with Crippen molar-refractivity contribution in [2.75, 3.05) is 6.61 Å². The van der Waals surface area contributed by atoms with Crippen LogP contribution in [0.5, 0.6) is 0 Å². The minimum absolute atomic E-state index is 0.0557. The SMILES string of the molecule is CCCCCCCCCCCCCCCCCCCC/C=C\CCCCCCCCCCCCCCCCCCCC(=O)NC(CO)C(O)/C=C/CCCCCCCCCCCCCCCCCCCCCC. The monoisotopic (exact) mass is 1030 g/mol. The molecular formula is C69H135NO3. The predicted octanol–water partition coefficient (Wildman–Crippen LogP) is 23.0. The normalized spacial score (nSPS) is 12.8. The molecule has 4 nitrogen and oxygen atoms in total. The molecule has 0 fully saturated rings. The zero-order valence-electron chi connectivity index (χ0n) is 50.2. The van der Waals surface area contributed by atoms with Gasteiger partial charge in [0.1, 0.15) is 0 Å². The lowest BCUT2D eigenvalue weighted by atomic mass is 10.0. The summed E-state index contributed by atoms with van der Waals surface area (Å²) in [4.78, 5) is 12.5. The number of allylic oxidation sites excluding steroid dienone is 3. The third-order valence-corrected chi connectivity index (χ3v) is 16.2. The molecule has 0 aliphatic rings. The highest BCUT2D eigenvalue weighted by molar-refractivity contribution is 5.76. The van der Waals surface area contributed by atoms with Crippen molar-refractivity contribution in [1.29, 1.82) is 0 Å². The summed E-state index contributed by atoms with van der Waals surface area (Å²) >= 11 is 0. The van der Waals surface area contributed by atoms with Crippen LogP contribution in [0.3, 0.4) is 0 Å². The van der Waals surface area contributed by atoms with E-state index in [1.54, 1.807) is 6.08 Å². The Hall–Kier alpha value is -1.13. The first kappa shape index (κ1) is 71.9. The Balaban J connectivity index is 3.39. The van der Waals surface area contributed by atoms with Crippen molar-refractivity contribution in [2.24, 2.45) is 0 Å². The number of amides is 1. The molecule has 434 valence electrons. The van der Waals surface area contributed by atoms with E-state index in [0.717, 1.165) is 25.7 Å². The molecule has 0 aliphatic carbocycles. The Labute approximate surface area is 459 Å². The average molecular weight is 1030 g/mol. The first-order chi connectivity index (χ1) is 36.2. The number of unbranched alkanes of at least 4 members (excludes halogenated alkanes) is 55. The van der Waals surface area contributed by atoms with Crippen LogP contribution in [-0.2, 0) is 4.79 Å². The minimum atomic E-state index is -0.838. The van der Waals surface area contributed by atoms with Crippen LogP contribution in [0, 0.1) is 0 Å². The molecule has 4 heteroatoms. The standard InChI is InChI=1S/C69H135NO3/c1-3-5-7-9-11-13-15-17-19-21-23-25-27-28-29-30-31-32-33-34-35-36-37-38-39-40-41-42-43-45-47-49-51-53-55-57-59-61-63-65-69(73)70-67(66-71)68(72)64-62-60-58-56-54-52-50-48-46-44-26-24-22-20-18-16-14-12-10-8-6-4-2/h34-35,62,64,67-68,71-72H,3-33,36-61,63,65-66H2,1-2H3,(H,70,73)/b35-34-,64-62+. The smallest absolute Gasteiger partial charge is 0.220 e. The average Bonchev–Trinajstić information content (AvgIpc) is 3.40. The lowest BCUT2D eigenvalue weighted by molar-refractivity contribution is -0.123. The van der Waals surface area contributed by atoms with Crippen molar-refractivity contribution in [1.82, 2.24) is 5.32 Å². The molecule has 3 N–H and O–H groups in total. The van der Waals surface area contributed by atoms with Gasteiger partial charge in [-0.05, 0) is 44.9 Å². The molecule has 0 saturated carbocycles. The van der Waals surface area contributed by atoms with Crippen LogP contribution in [0.4, 0.5) is 0 Å². The van der Waals surface area contributed by atoms with E-state index in [-0.39, 0.29) is 12.5 Å². The number of nitrogens with one attached hydrogen (secondary N) is 1. The highest BCUT2D eigenvalue weighted by Crippen LogP contribution is 2.19. The molecule has 0 rings (SSSR count). The van der Waals surface area contributed by atoms with Gasteiger partial charge in [-0.1, -0.05) is 366 Å². The first-order valence-electron chi connectivity index (χ1n) is 34.1. The van der Waals surface area contributed by atoms with Gasteiger partial charge in [0, 0.05) is 6.42 Å². The quantitative estimate of drug-likeness (QED) is 0.0420. The minimum Gasteiger partial charge on any atom is -0.394 e. The van der Waals surface area contributed by atoms with E-state index < -0.39 is 12.1 Å². The fourth-order valence-corrected chi connectivity index (χ4v) is 11.0. The second-order valence-corrected chi connectivity index (χ2v) is 23.6. The molecule has 0 aromatic heterocycles. The van der Waals surface area contributed by atoms with Crippen LogP contribution in [0.15, 0.2) is 24.3 Å². The molecule has 2 atom stereocenters. The molecule has 0 bridgehead atoms. The van der Waals surface area contributed by atoms with Crippen molar-refractivity contribution in [3.05, 3.63) is 24.3 Å². The maximum absolute atomic E-state index is 12.5. The lowest BCUT2D eigenvalue weighted by Gasteiger charge is -2.20. The number of hydrogen-bond acceptors (Lipinski definition) is 3. The predicted molar refractivity (Wildman–Crippen MR) is 327 cm³/mol. The zero-order valence-corrected chi connectivity index (χ0v) is 50.2. The van der Waals surface area contributed by atoms with Crippen molar-refractivity contribution in [3.8, 4) is 0 Å². The molecule has 73 heavy (non-hydrogen) atoms. The summed E-state index contributed by atoms with van der Waals surface area (Å²) in [5, 5.41) is 23.3. The maximum atomic E-state index is 12.5. The number of aliphatic hydroxyl groups excluding tert-OH is 2. The number of rotatable bonds is 64. The summed E-state index contributed by atoms with van der Waals surface area (Å²) in [6.45, 7) is 4.36. The van der Waals surface area contributed by atoms with Gasteiger partial charge in [0.25, 0.3) is 0 Å². The number of carbonyl (C=O) groups is 1. The van der Waals surface area contributed by atoms with Gasteiger partial charge in [0.2, 0.25) is 5.91 Å². The molecule has 1 amide bonds.